The summed E-state index contributed by atoms with van der Waals surface area (Å²) in [6, 6.07) is 19.9. The van der Waals surface area contributed by atoms with Crippen molar-refractivity contribution in [1.82, 2.24) is 4.31 Å². The zero-order chi connectivity index (χ0) is 32.6. The van der Waals surface area contributed by atoms with E-state index in [-0.39, 0.29) is 11.3 Å². The normalized spacial score (nSPS) is 12.6. The number of carboxylic acid groups (broad SMARTS) is 1. The van der Waals surface area contributed by atoms with E-state index in [9.17, 15) is 34.8 Å². The molecule has 0 unspecified atom stereocenters. The van der Waals surface area contributed by atoms with Gasteiger partial charge in [0.15, 0.2) is 9.84 Å². The van der Waals surface area contributed by atoms with Crippen molar-refractivity contribution in [3.63, 3.8) is 0 Å². The van der Waals surface area contributed by atoms with E-state index < -0.39 is 44.0 Å². The Hall–Kier alpha value is -4.44. The molecule has 0 aliphatic carbocycles. The Kier molecular flexibility index (Phi) is 11.4. The number of carbonyl (C=O) groups excluding carboxylic acids is 1. The molecule has 0 aromatic heterocycles. The molecular formula is C27H29F3N4O7S2. The zero-order valence-electron chi connectivity index (χ0n) is 23.1. The lowest BCUT2D eigenvalue weighted by Gasteiger charge is -2.24. The predicted molar refractivity (Wildman–Crippen MR) is 156 cm³/mol. The van der Waals surface area contributed by atoms with Gasteiger partial charge in [-0.3, -0.25) is 4.79 Å². The van der Waals surface area contributed by atoms with E-state index in [2.05, 4.69) is 10.4 Å². The highest BCUT2D eigenvalue weighted by Crippen LogP contribution is 2.28. The number of sulfonamides is 1. The first-order valence-electron chi connectivity index (χ1n) is 12.1. The van der Waals surface area contributed by atoms with Crippen LogP contribution in [0.4, 0.5) is 18.9 Å². The first-order valence-corrected chi connectivity index (χ1v) is 15.8. The third-order valence-corrected chi connectivity index (χ3v) is 8.12. The minimum atomic E-state index is -5.08. The van der Waals surface area contributed by atoms with Crippen LogP contribution in [-0.2, 0) is 35.9 Å². The van der Waals surface area contributed by atoms with Crippen molar-refractivity contribution in [3.8, 4) is 11.1 Å². The minimum absolute atomic E-state index is 0.198. The van der Waals surface area contributed by atoms with Gasteiger partial charge in [0.25, 0.3) is 5.91 Å². The number of hydrogen-bond acceptors (Lipinski definition) is 9. The maximum atomic E-state index is 13.1. The molecule has 0 heterocycles. The summed E-state index contributed by atoms with van der Waals surface area (Å²) < 4.78 is 80.9. The second kappa shape index (κ2) is 14.2. The third-order valence-electron chi connectivity index (χ3n) is 5.79. The van der Waals surface area contributed by atoms with Crippen molar-refractivity contribution >= 4 is 43.6 Å². The Morgan fingerprint density at radius 3 is 2.09 bits per heavy atom. The second-order valence-electron chi connectivity index (χ2n) is 9.14. The van der Waals surface area contributed by atoms with E-state index in [1.807, 2.05) is 12.1 Å². The summed E-state index contributed by atoms with van der Waals surface area (Å²) in [5.41, 5.74) is 3.33. The Balaban J connectivity index is 0.000000821. The first kappa shape index (κ1) is 34.8. The smallest absolute Gasteiger partial charge is 0.475 e. The molecule has 232 valence electrons. The predicted octanol–water partition coefficient (Wildman–Crippen LogP) is 3.12. The molecular weight excluding hydrogens is 613 g/mol. The molecule has 11 nitrogen and oxygen atoms in total. The standard InChI is InChI=1S/C25H28N4O5S2.C2HF3O2/c1-29(36(3,33)34)25(30)23(16-18-7-6-8-19(15-18)17-27-26)28-21-13-11-20(12-14-21)22-9-4-5-10-24(22)35(2,31)32;3-2(4,5)1(6)7/h4-15,17,23,28H,16,26H2,1-3H3;(H,6,7)/t23-;/m0./s1. The lowest BCUT2D eigenvalue weighted by molar-refractivity contribution is -0.192. The molecule has 0 aliphatic heterocycles. The number of nitrogens with one attached hydrogen (secondary N) is 1. The lowest BCUT2D eigenvalue weighted by atomic mass is 10.0. The van der Waals surface area contributed by atoms with Crippen molar-refractivity contribution in [1.29, 1.82) is 0 Å². The Bertz CT molecular complexity index is 1690. The molecule has 3 aromatic carbocycles. The van der Waals surface area contributed by atoms with E-state index >= 15 is 0 Å². The monoisotopic (exact) mass is 642 g/mol. The van der Waals surface area contributed by atoms with E-state index in [0.29, 0.717) is 21.1 Å². The van der Waals surface area contributed by atoms with Gasteiger partial charge in [0, 0.05) is 31.0 Å². The number of anilines is 1. The van der Waals surface area contributed by atoms with Gasteiger partial charge in [-0.05, 0) is 34.9 Å². The van der Waals surface area contributed by atoms with Gasteiger partial charge in [-0.1, -0.05) is 54.6 Å². The molecule has 16 heteroatoms. The second-order valence-corrected chi connectivity index (χ2v) is 13.1. The van der Waals surface area contributed by atoms with E-state index in [4.69, 9.17) is 15.7 Å². The summed E-state index contributed by atoms with van der Waals surface area (Å²) in [7, 11) is -5.97. The summed E-state index contributed by atoms with van der Waals surface area (Å²) in [6.07, 6.45) is -1.29. The Morgan fingerprint density at radius 1 is 1.00 bits per heavy atom. The summed E-state index contributed by atoms with van der Waals surface area (Å²) in [4.78, 5) is 22.2. The van der Waals surface area contributed by atoms with Gasteiger partial charge in [0.1, 0.15) is 6.04 Å². The molecule has 0 spiro atoms. The number of carbonyl (C=O) groups is 2. The van der Waals surface area contributed by atoms with Crippen LogP contribution in [0, 0.1) is 0 Å². The van der Waals surface area contributed by atoms with Crippen molar-refractivity contribution in [2.45, 2.75) is 23.5 Å². The van der Waals surface area contributed by atoms with Gasteiger partial charge in [0.05, 0.1) is 17.4 Å². The van der Waals surface area contributed by atoms with Crippen LogP contribution < -0.4 is 11.2 Å². The quantitative estimate of drug-likeness (QED) is 0.180. The van der Waals surface area contributed by atoms with Gasteiger partial charge >= 0.3 is 12.1 Å². The number of carboxylic acids is 1. The highest BCUT2D eigenvalue weighted by molar-refractivity contribution is 7.90. The fourth-order valence-corrected chi connectivity index (χ4v) is 5.05. The van der Waals surface area contributed by atoms with Gasteiger partial charge in [0.2, 0.25) is 10.0 Å². The number of likely N-dealkylation sites (N-methyl/N-ethyl adjacent to an activating group) is 1. The molecule has 4 N–H and O–H groups in total. The largest absolute Gasteiger partial charge is 0.490 e. The minimum Gasteiger partial charge on any atom is -0.475 e. The van der Waals surface area contributed by atoms with Crippen molar-refractivity contribution in [2.75, 3.05) is 24.9 Å². The molecule has 1 amide bonds. The molecule has 0 fully saturated rings. The number of alkyl halides is 3. The molecule has 0 radical (unpaired) electrons. The number of amides is 1. The number of nitrogens with two attached hydrogens (primary N) is 1. The van der Waals surface area contributed by atoms with Crippen LogP contribution in [0.15, 0.2) is 82.8 Å². The highest BCUT2D eigenvalue weighted by Gasteiger charge is 2.38. The van der Waals surface area contributed by atoms with Crippen LogP contribution in [0.1, 0.15) is 11.1 Å². The number of benzene rings is 3. The topological polar surface area (TPSA) is 176 Å². The van der Waals surface area contributed by atoms with Crippen LogP contribution in [0.25, 0.3) is 11.1 Å². The van der Waals surface area contributed by atoms with Gasteiger partial charge in [-0.25, -0.2) is 25.9 Å². The molecule has 0 aliphatic rings. The van der Waals surface area contributed by atoms with Crippen molar-refractivity contribution in [3.05, 3.63) is 83.9 Å². The van der Waals surface area contributed by atoms with E-state index in [0.717, 1.165) is 23.6 Å². The van der Waals surface area contributed by atoms with Gasteiger partial charge in [-0.15, -0.1) is 0 Å². The number of aliphatic carboxylic acids is 1. The average Bonchev–Trinajstić information content (AvgIpc) is 2.91. The highest BCUT2D eigenvalue weighted by atomic mass is 32.2. The first-order chi connectivity index (χ1) is 19.8. The van der Waals surface area contributed by atoms with Gasteiger partial charge < -0.3 is 16.3 Å². The number of halogens is 3. The van der Waals surface area contributed by atoms with Crippen LogP contribution in [0.3, 0.4) is 0 Å². The summed E-state index contributed by atoms with van der Waals surface area (Å²) in [5.74, 6) is 1.85. The molecule has 0 saturated carbocycles. The van der Waals surface area contributed by atoms with Crippen molar-refractivity contribution in [2.24, 2.45) is 10.9 Å². The van der Waals surface area contributed by atoms with Crippen molar-refractivity contribution < 1.29 is 44.7 Å². The van der Waals surface area contributed by atoms with Gasteiger partial charge in [-0.2, -0.15) is 18.3 Å². The maximum Gasteiger partial charge on any atom is 0.490 e. The molecule has 3 aromatic rings. The number of nitrogens with zero attached hydrogens (tertiary/aromatic N) is 2. The van der Waals surface area contributed by atoms with Crippen LogP contribution in [0.5, 0.6) is 0 Å². The van der Waals surface area contributed by atoms with Crippen LogP contribution in [0.2, 0.25) is 0 Å². The molecule has 0 saturated heterocycles. The van der Waals surface area contributed by atoms with Crippen LogP contribution in [-0.4, -0.2) is 76.1 Å². The maximum absolute atomic E-state index is 13.1. The molecule has 1 atom stereocenters. The fourth-order valence-electron chi connectivity index (χ4n) is 3.68. The van der Waals surface area contributed by atoms with E-state index in [1.165, 1.54) is 13.3 Å². The SMILES string of the molecule is CN(C(=O)[C@H](Cc1cccc(C=NN)c1)Nc1ccc(-c2ccccc2S(C)(=O)=O)cc1)S(C)(=O)=O.O=C(O)C(F)(F)F. The number of sulfone groups is 1. The number of hydrazone groups is 1. The summed E-state index contributed by atoms with van der Waals surface area (Å²) in [5, 5.41) is 13.8. The lowest BCUT2D eigenvalue weighted by Crippen LogP contribution is -2.44. The molecule has 0 bridgehead atoms. The number of hydrogen-bond donors (Lipinski definition) is 3. The Labute approximate surface area is 246 Å². The number of rotatable bonds is 9. The third kappa shape index (κ3) is 10.4. The average molecular weight is 643 g/mol. The molecule has 3 rings (SSSR count). The van der Waals surface area contributed by atoms with Crippen LogP contribution >= 0.6 is 0 Å². The fraction of sp³-hybridized carbons (Fsp3) is 0.222. The van der Waals surface area contributed by atoms with E-state index in [1.54, 1.807) is 60.7 Å². The Morgan fingerprint density at radius 2 is 1.58 bits per heavy atom. The summed E-state index contributed by atoms with van der Waals surface area (Å²) >= 11 is 0. The zero-order valence-corrected chi connectivity index (χ0v) is 24.7. The molecule has 43 heavy (non-hydrogen) atoms. The summed E-state index contributed by atoms with van der Waals surface area (Å²) in [6.45, 7) is 0.